The summed E-state index contributed by atoms with van der Waals surface area (Å²) in [6, 6.07) is 6.00. The van der Waals surface area contributed by atoms with Gasteiger partial charge in [-0.3, -0.25) is 0 Å². The summed E-state index contributed by atoms with van der Waals surface area (Å²) in [7, 11) is 1.66. The van der Waals surface area contributed by atoms with Crippen LogP contribution in [0.2, 0.25) is 0 Å². The molecule has 0 fully saturated rings. The number of nitrogens with zero attached hydrogens (tertiary/aromatic N) is 3. The Kier molecular flexibility index (Phi) is 3.85. The maximum Gasteiger partial charge on any atom is 0.164 e. The molecule has 0 aliphatic rings. The van der Waals surface area contributed by atoms with Crippen molar-refractivity contribution in [2.24, 2.45) is 5.73 Å². The monoisotopic (exact) mass is 260 g/mol. The molecule has 0 atom stereocenters. The lowest BCUT2D eigenvalue weighted by Gasteiger charge is -2.12. The lowest BCUT2D eigenvalue weighted by Crippen LogP contribution is -2.07. The van der Waals surface area contributed by atoms with Gasteiger partial charge in [-0.2, -0.15) is 0 Å². The van der Waals surface area contributed by atoms with Gasteiger partial charge in [-0.05, 0) is 24.6 Å². The molecule has 0 bridgehead atoms. The molecule has 0 aliphatic heterocycles. The number of rotatable bonds is 4. The van der Waals surface area contributed by atoms with Crippen LogP contribution in [0.4, 0.5) is 0 Å². The van der Waals surface area contributed by atoms with Crippen molar-refractivity contribution < 1.29 is 4.74 Å². The van der Waals surface area contributed by atoms with Crippen molar-refractivity contribution in [3.63, 3.8) is 0 Å². The molecule has 0 unspecified atom stereocenters. The van der Waals surface area contributed by atoms with Crippen molar-refractivity contribution in [1.82, 2.24) is 14.8 Å². The van der Waals surface area contributed by atoms with Crippen LogP contribution in [0.25, 0.3) is 5.69 Å². The Bertz CT molecular complexity index is 575. The number of methoxy groups -OCH3 is 1. The van der Waals surface area contributed by atoms with Gasteiger partial charge < -0.3 is 10.5 Å². The summed E-state index contributed by atoms with van der Waals surface area (Å²) in [6.07, 6.45) is 0. The lowest BCUT2D eigenvalue weighted by molar-refractivity contribution is 0.411. The third-order valence-corrected chi connectivity index (χ3v) is 2.94. The summed E-state index contributed by atoms with van der Waals surface area (Å²) in [5.74, 6) is 2.58. The molecule has 5 heteroatoms. The SMILES string of the molecule is COc1ccc(C)cc1-n1nc(CN)nc1C(C)C. The second-order valence-corrected chi connectivity index (χ2v) is 4.83. The summed E-state index contributed by atoms with van der Waals surface area (Å²) in [5.41, 5.74) is 7.69. The first kappa shape index (κ1) is 13.5. The van der Waals surface area contributed by atoms with Crippen LogP contribution in [0, 0.1) is 6.92 Å². The van der Waals surface area contributed by atoms with Crippen molar-refractivity contribution in [3.8, 4) is 11.4 Å². The van der Waals surface area contributed by atoms with E-state index in [0.29, 0.717) is 12.4 Å². The van der Waals surface area contributed by atoms with Crippen LogP contribution in [-0.2, 0) is 6.54 Å². The summed E-state index contributed by atoms with van der Waals surface area (Å²) in [5, 5.41) is 4.47. The molecule has 19 heavy (non-hydrogen) atoms. The highest BCUT2D eigenvalue weighted by Gasteiger charge is 2.16. The minimum Gasteiger partial charge on any atom is -0.494 e. The van der Waals surface area contributed by atoms with Gasteiger partial charge in [0.15, 0.2) is 5.82 Å². The predicted molar refractivity (Wildman–Crippen MR) is 74.6 cm³/mol. The molecule has 0 amide bonds. The van der Waals surface area contributed by atoms with Crippen LogP contribution in [-0.4, -0.2) is 21.9 Å². The molecule has 102 valence electrons. The highest BCUT2D eigenvalue weighted by Crippen LogP contribution is 2.26. The van der Waals surface area contributed by atoms with Gasteiger partial charge in [0.05, 0.1) is 13.7 Å². The molecule has 0 radical (unpaired) electrons. The molecular weight excluding hydrogens is 240 g/mol. The van der Waals surface area contributed by atoms with Crippen molar-refractivity contribution >= 4 is 0 Å². The molecule has 0 aliphatic carbocycles. The average molecular weight is 260 g/mol. The van der Waals surface area contributed by atoms with Gasteiger partial charge >= 0.3 is 0 Å². The first-order chi connectivity index (χ1) is 9.06. The molecular formula is C14H20N4O. The summed E-state index contributed by atoms with van der Waals surface area (Å²) in [6.45, 7) is 6.55. The summed E-state index contributed by atoms with van der Waals surface area (Å²) < 4.78 is 7.24. The van der Waals surface area contributed by atoms with Crippen molar-refractivity contribution in [2.75, 3.05) is 7.11 Å². The fourth-order valence-electron chi connectivity index (χ4n) is 1.97. The predicted octanol–water partition coefficient (Wildman–Crippen LogP) is 2.17. The summed E-state index contributed by atoms with van der Waals surface area (Å²) >= 11 is 0. The highest BCUT2D eigenvalue weighted by atomic mass is 16.5. The van der Waals surface area contributed by atoms with E-state index in [4.69, 9.17) is 10.5 Å². The largest absolute Gasteiger partial charge is 0.494 e. The molecule has 0 saturated heterocycles. The number of aryl methyl sites for hydroxylation is 1. The van der Waals surface area contributed by atoms with E-state index in [2.05, 4.69) is 23.9 Å². The van der Waals surface area contributed by atoms with Gasteiger partial charge in [-0.25, -0.2) is 9.67 Å². The number of hydrogen-bond donors (Lipinski definition) is 1. The van der Waals surface area contributed by atoms with Gasteiger partial charge in [0.2, 0.25) is 0 Å². The Labute approximate surface area is 113 Å². The fraction of sp³-hybridized carbons (Fsp3) is 0.429. The van der Waals surface area contributed by atoms with Gasteiger partial charge in [-0.1, -0.05) is 19.9 Å². The first-order valence-electron chi connectivity index (χ1n) is 6.37. The summed E-state index contributed by atoms with van der Waals surface area (Å²) in [4.78, 5) is 4.48. The zero-order valence-corrected chi connectivity index (χ0v) is 11.8. The molecule has 1 aromatic heterocycles. The van der Waals surface area contributed by atoms with E-state index in [1.807, 2.05) is 29.8 Å². The number of nitrogens with two attached hydrogens (primary N) is 1. The minimum atomic E-state index is 0.262. The van der Waals surface area contributed by atoms with E-state index in [-0.39, 0.29) is 5.92 Å². The molecule has 0 spiro atoms. The minimum absolute atomic E-state index is 0.262. The van der Waals surface area contributed by atoms with E-state index in [1.165, 1.54) is 0 Å². The Hall–Kier alpha value is -1.88. The quantitative estimate of drug-likeness (QED) is 0.915. The second-order valence-electron chi connectivity index (χ2n) is 4.83. The van der Waals surface area contributed by atoms with Crippen molar-refractivity contribution in [3.05, 3.63) is 35.4 Å². The Morgan fingerprint density at radius 3 is 2.68 bits per heavy atom. The van der Waals surface area contributed by atoms with E-state index in [9.17, 15) is 0 Å². The Balaban J connectivity index is 2.63. The number of aromatic nitrogens is 3. The number of ether oxygens (including phenoxy) is 1. The topological polar surface area (TPSA) is 66.0 Å². The molecule has 2 N–H and O–H groups in total. The average Bonchev–Trinajstić information content (AvgIpc) is 2.83. The second kappa shape index (κ2) is 5.40. The van der Waals surface area contributed by atoms with Crippen LogP contribution < -0.4 is 10.5 Å². The number of hydrogen-bond acceptors (Lipinski definition) is 4. The van der Waals surface area contributed by atoms with Crippen molar-refractivity contribution in [2.45, 2.75) is 33.2 Å². The Morgan fingerprint density at radius 2 is 2.11 bits per heavy atom. The molecule has 2 aromatic rings. The molecule has 1 aromatic carbocycles. The van der Waals surface area contributed by atoms with Gasteiger partial charge in [0.25, 0.3) is 0 Å². The number of benzene rings is 1. The van der Waals surface area contributed by atoms with Gasteiger partial charge in [-0.15, -0.1) is 5.10 Å². The zero-order chi connectivity index (χ0) is 14.0. The molecule has 1 heterocycles. The maximum absolute atomic E-state index is 5.64. The maximum atomic E-state index is 5.64. The van der Waals surface area contributed by atoms with E-state index in [1.54, 1.807) is 7.11 Å². The third kappa shape index (κ3) is 2.61. The third-order valence-electron chi connectivity index (χ3n) is 2.94. The highest BCUT2D eigenvalue weighted by molar-refractivity contribution is 5.49. The zero-order valence-electron chi connectivity index (χ0n) is 11.8. The lowest BCUT2D eigenvalue weighted by atomic mass is 10.1. The molecule has 2 rings (SSSR count). The van der Waals surface area contributed by atoms with Gasteiger partial charge in [0.1, 0.15) is 17.3 Å². The molecule has 0 saturated carbocycles. The Morgan fingerprint density at radius 1 is 1.37 bits per heavy atom. The smallest absolute Gasteiger partial charge is 0.164 e. The normalized spacial score (nSPS) is 11.1. The standard InChI is InChI=1S/C14H20N4O/c1-9(2)14-16-13(8-15)17-18(14)11-7-10(3)5-6-12(11)19-4/h5-7,9H,8,15H2,1-4H3. The first-order valence-corrected chi connectivity index (χ1v) is 6.37. The van der Waals surface area contributed by atoms with E-state index >= 15 is 0 Å². The van der Waals surface area contributed by atoms with Crippen LogP contribution in [0.5, 0.6) is 5.75 Å². The van der Waals surface area contributed by atoms with E-state index < -0.39 is 0 Å². The fourth-order valence-corrected chi connectivity index (χ4v) is 1.97. The van der Waals surface area contributed by atoms with Crippen LogP contribution in [0.1, 0.15) is 37.0 Å². The molecule has 5 nitrogen and oxygen atoms in total. The van der Waals surface area contributed by atoms with Gasteiger partial charge in [0, 0.05) is 5.92 Å². The van der Waals surface area contributed by atoms with Crippen LogP contribution in [0.15, 0.2) is 18.2 Å². The van der Waals surface area contributed by atoms with Crippen LogP contribution >= 0.6 is 0 Å². The van der Waals surface area contributed by atoms with Crippen molar-refractivity contribution in [1.29, 1.82) is 0 Å². The van der Waals surface area contributed by atoms with Crippen LogP contribution in [0.3, 0.4) is 0 Å². The van der Waals surface area contributed by atoms with E-state index in [0.717, 1.165) is 22.8 Å².